The minimum absolute atomic E-state index is 0.105. The third kappa shape index (κ3) is 37.2. The van der Waals surface area contributed by atoms with E-state index in [2.05, 4.69) is 38.8 Å². The van der Waals surface area contributed by atoms with Gasteiger partial charge in [0.15, 0.2) is 0 Å². The number of likely N-dealkylation sites (tertiary alicyclic amines) is 1. The molecule has 548 valence electrons. The number of carbonyl (C=O) groups is 9. The Balaban J connectivity index is 1.31. The van der Waals surface area contributed by atoms with Gasteiger partial charge in [0.05, 0.1) is 56.1 Å². The summed E-state index contributed by atoms with van der Waals surface area (Å²) in [4.78, 5) is 120. The molecule has 96 heavy (non-hydrogen) atoms. The summed E-state index contributed by atoms with van der Waals surface area (Å²) in [6.07, 6.45) is 26.8. The van der Waals surface area contributed by atoms with Crippen LogP contribution in [-0.4, -0.2) is 176 Å². The number of amides is 8. The molecule has 1 aromatic carbocycles. The maximum atomic E-state index is 14.5. The Morgan fingerprint density at radius 2 is 1.11 bits per heavy atom. The van der Waals surface area contributed by atoms with Gasteiger partial charge in [-0.3, -0.25) is 43.2 Å². The number of carbonyl (C=O) groups excluding carboxylic acids is 8. The highest BCUT2D eigenvalue weighted by atomic mass is 16.4. The molecule has 2 fully saturated rings. The second kappa shape index (κ2) is 48.8. The van der Waals surface area contributed by atoms with Gasteiger partial charge in [0, 0.05) is 50.1 Å². The van der Waals surface area contributed by atoms with Crippen LogP contribution in [0.2, 0.25) is 0 Å². The number of aliphatic hydroxyl groups is 3. The van der Waals surface area contributed by atoms with Crippen LogP contribution in [0.15, 0.2) is 30.3 Å². The predicted octanol–water partition coefficient (Wildman–Crippen LogP) is 3.37. The molecular formula is C70H125N13O13. The molecular weight excluding hydrogens is 1230 g/mol. The molecule has 0 bridgehead atoms. The fourth-order valence-electron chi connectivity index (χ4n) is 12.8. The first-order chi connectivity index (χ1) is 45.8. The summed E-state index contributed by atoms with van der Waals surface area (Å²) in [6.45, 7) is 3.78. The Morgan fingerprint density at radius 1 is 0.615 bits per heavy atom. The Labute approximate surface area is 571 Å². The van der Waals surface area contributed by atoms with Gasteiger partial charge in [0.1, 0.15) is 30.2 Å². The van der Waals surface area contributed by atoms with E-state index < -0.39 is 133 Å². The fraction of sp³-hybridized carbons (Fsp3) is 0.786. The van der Waals surface area contributed by atoms with Crippen molar-refractivity contribution in [3.8, 4) is 0 Å². The first kappa shape index (κ1) is 84.4. The third-order valence-electron chi connectivity index (χ3n) is 18.6. The quantitative estimate of drug-likeness (QED) is 0.0416. The van der Waals surface area contributed by atoms with Crippen molar-refractivity contribution in [2.75, 3.05) is 13.1 Å². The lowest BCUT2D eigenvalue weighted by Gasteiger charge is -2.35. The van der Waals surface area contributed by atoms with Crippen molar-refractivity contribution in [3.05, 3.63) is 35.9 Å². The fourth-order valence-corrected chi connectivity index (χ4v) is 12.8. The number of benzene rings is 1. The second-order valence-corrected chi connectivity index (χ2v) is 27.6. The summed E-state index contributed by atoms with van der Waals surface area (Å²) >= 11 is 0. The van der Waals surface area contributed by atoms with E-state index in [-0.39, 0.29) is 44.8 Å². The van der Waals surface area contributed by atoms with Crippen molar-refractivity contribution in [1.82, 2.24) is 36.8 Å². The molecule has 8 amide bonds. The number of nitrogens with two attached hydrogens (primary N) is 6. The molecule has 2 aliphatic rings. The van der Waals surface area contributed by atoms with Crippen molar-refractivity contribution >= 4 is 53.2 Å². The Hall–Kier alpha value is -5.87. The van der Waals surface area contributed by atoms with Crippen LogP contribution < -0.4 is 66.3 Å². The molecule has 26 heteroatoms. The number of nitrogens with zero attached hydrogens (tertiary/aromatic N) is 1. The number of carboxylic acid groups (broad SMARTS) is 1. The van der Waals surface area contributed by atoms with Gasteiger partial charge in [-0.15, -0.1) is 0 Å². The Kier molecular flexibility index (Phi) is 42.9. The summed E-state index contributed by atoms with van der Waals surface area (Å²) < 4.78 is 0. The topological polar surface area (TPSA) is 466 Å². The molecule has 0 aliphatic carbocycles. The van der Waals surface area contributed by atoms with Crippen LogP contribution in [0.1, 0.15) is 251 Å². The lowest BCUT2D eigenvalue weighted by atomic mass is 9.98. The number of carboxylic acids is 1. The molecule has 0 saturated carbocycles. The number of nitrogens with one attached hydrogen (secondary N) is 6. The van der Waals surface area contributed by atoms with Crippen molar-refractivity contribution in [1.29, 1.82) is 0 Å². The van der Waals surface area contributed by atoms with E-state index in [1.807, 2.05) is 0 Å². The number of rotatable bonds is 51. The molecule has 0 aromatic heterocycles. The number of unbranched alkanes of at least 4 members (excludes halogenated alkanes) is 16. The monoisotopic (exact) mass is 1360 g/mol. The van der Waals surface area contributed by atoms with E-state index in [4.69, 9.17) is 34.4 Å². The SMILES string of the molecule is CC(N)CCCCCCCC(N)CCCCCCCC(N)CCCCCCCC(N)CCCCCCCC(O)CCNC(=O)CC(O)CC(O)C1CCCN1C(=O)C1NC(=O)C(CC(N)=O)NC(=O)C(NC(=O)[C@H](Cc2ccccc2)NC(=O)CC(N)C(=O)O)CC(=O)NC1C. The van der Waals surface area contributed by atoms with Gasteiger partial charge in [0.25, 0.3) is 0 Å². The summed E-state index contributed by atoms with van der Waals surface area (Å²) in [5.41, 5.74) is 36.7. The molecule has 2 saturated heterocycles. The molecule has 1 aromatic rings. The van der Waals surface area contributed by atoms with Crippen molar-refractivity contribution < 1.29 is 63.6 Å². The average molecular weight is 1360 g/mol. The number of aliphatic carboxylic acids is 1. The number of hydrogen-bond donors (Lipinski definition) is 16. The minimum atomic E-state index is -1.73. The summed E-state index contributed by atoms with van der Waals surface area (Å²) in [5.74, 6) is -8.62. The lowest BCUT2D eigenvalue weighted by Crippen LogP contribution is -2.62. The van der Waals surface area contributed by atoms with E-state index in [9.17, 15) is 63.6 Å². The Bertz CT molecular complexity index is 2430. The number of aliphatic hydroxyl groups excluding tert-OH is 3. The van der Waals surface area contributed by atoms with Crippen LogP contribution >= 0.6 is 0 Å². The van der Waals surface area contributed by atoms with E-state index in [1.165, 1.54) is 102 Å². The smallest absolute Gasteiger partial charge is 0.321 e. The summed E-state index contributed by atoms with van der Waals surface area (Å²) in [7, 11) is 0. The van der Waals surface area contributed by atoms with Crippen molar-refractivity contribution in [3.63, 3.8) is 0 Å². The highest BCUT2D eigenvalue weighted by Crippen LogP contribution is 2.26. The normalized spacial score (nSPS) is 20.6. The van der Waals surface area contributed by atoms with Crippen LogP contribution in [0, 0.1) is 0 Å². The van der Waals surface area contributed by atoms with Crippen molar-refractivity contribution in [2.45, 2.75) is 336 Å². The number of primary amides is 1. The van der Waals surface area contributed by atoms with E-state index in [0.29, 0.717) is 43.0 Å². The highest BCUT2D eigenvalue weighted by Gasteiger charge is 2.42. The zero-order valence-corrected chi connectivity index (χ0v) is 57.9. The maximum absolute atomic E-state index is 14.5. The van der Waals surface area contributed by atoms with E-state index in [0.717, 1.165) is 83.5 Å². The van der Waals surface area contributed by atoms with E-state index >= 15 is 0 Å². The van der Waals surface area contributed by atoms with Crippen LogP contribution in [-0.2, 0) is 49.6 Å². The van der Waals surface area contributed by atoms with Gasteiger partial charge in [-0.1, -0.05) is 159 Å². The van der Waals surface area contributed by atoms with Crippen LogP contribution in [0.3, 0.4) is 0 Å². The van der Waals surface area contributed by atoms with Crippen LogP contribution in [0.25, 0.3) is 0 Å². The van der Waals surface area contributed by atoms with Crippen LogP contribution in [0.4, 0.5) is 0 Å². The summed E-state index contributed by atoms with van der Waals surface area (Å²) in [6, 6.07) is -0.529. The van der Waals surface area contributed by atoms with Crippen molar-refractivity contribution in [2.24, 2.45) is 34.4 Å². The van der Waals surface area contributed by atoms with Gasteiger partial charge in [-0.2, -0.15) is 0 Å². The Morgan fingerprint density at radius 3 is 1.61 bits per heavy atom. The summed E-state index contributed by atoms with van der Waals surface area (Å²) in [5, 5.41) is 57.3. The van der Waals surface area contributed by atoms with Gasteiger partial charge >= 0.3 is 5.97 Å². The predicted molar refractivity (Wildman–Crippen MR) is 371 cm³/mol. The molecule has 3 rings (SSSR count). The number of hydrogen-bond acceptors (Lipinski definition) is 17. The van der Waals surface area contributed by atoms with E-state index in [1.54, 1.807) is 30.3 Å². The molecule has 2 heterocycles. The molecule has 13 unspecified atom stereocenters. The van der Waals surface area contributed by atoms with Gasteiger partial charge in [0.2, 0.25) is 47.3 Å². The largest absolute Gasteiger partial charge is 0.480 e. The minimum Gasteiger partial charge on any atom is -0.480 e. The standard InChI is InChI=1S/C70H125N13O13/c1-47(71)27-16-7-3-8-19-30-50(72)31-20-9-4-10-21-32-51(73)33-22-11-5-12-23-34-52(74)35-24-13-6-14-25-36-53(84)38-39-77-62(88)43-54(85)42-60(86)59-37-26-40-83(59)69(94)65-48(2)78-64(90)46-58(67(92)80-57(45-61(76)87)68(93)82-65)81-66(91)56(41-49-28-17-15-18-29-49)79-63(89)44-55(75)70(95)96/h15,17-18,28-29,47-48,50-60,65,84-86H,3-14,16,19-27,30-46,71-75H2,1-2H3,(H2,76,87)(H,77,88)(H,78,90)(H,79,89)(H,80,92)(H,81,91)(H,82,93)(H,95,96)/t47?,48?,50?,51?,52?,53?,54?,55?,56-,57?,58?,59?,60?,65?/m0/s1. The van der Waals surface area contributed by atoms with Crippen LogP contribution in [0.5, 0.6) is 0 Å². The second-order valence-electron chi connectivity index (χ2n) is 27.6. The zero-order chi connectivity index (χ0) is 70.8. The van der Waals surface area contributed by atoms with Gasteiger partial charge in [-0.05, 0) is 90.0 Å². The molecule has 14 atom stereocenters. The molecule has 22 N–H and O–H groups in total. The molecule has 2 aliphatic heterocycles. The highest BCUT2D eigenvalue weighted by molar-refractivity contribution is 5.99. The lowest BCUT2D eigenvalue weighted by molar-refractivity contribution is -0.141. The first-order valence-corrected chi connectivity index (χ1v) is 36.3. The van der Waals surface area contributed by atoms with Gasteiger partial charge in [-0.25, -0.2) is 0 Å². The first-order valence-electron chi connectivity index (χ1n) is 36.3. The molecule has 0 spiro atoms. The van der Waals surface area contributed by atoms with Gasteiger partial charge < -0.3 is 91.6 Å². The molecule has 26 nitrogen and oxygen atoms in total. The average Bonchev–Trinajstić information content (AvgIpc) is 1.61. The zero-order valence-electron chi connectivity index (χ0n) is 57.9. The maximum Gasteiger partial charge on any atom is 0.321 e. The third-order valence-corrected chi connectivity index (χ3v) is 18.6. The molecule has 0 radical (unpaired) electrons.